The topological polar surface area (TPSA) is 97.3 Å². The Morgan fingerprint density at radius 1 is 1.24 bits per heavy atom. The Morgan fingerprint density at radius 2 is 2.07 bits per heavy atom. The number of amides is 1. The van der Waals surface area contributed by atoms with Crippen molar-refractivity contribution in [3.8, 4) is 0 Å². The van der Waals surface area contributed by atoms with Crippen molar-refractivity contribution in [2.24, 2.45) is 0 Å². The number of nitrogens with zero attached hydrogens (tertiary/aromatic N) is 3. The van der Waals surface area contributed by atoms with Crippen LogP contribution in [0.15, 0.2) is 52.2 Å². The first kappa shape index (κ1) is 19.1. The van der Waals surface area contributed by atoms with Gasteiger partial charge < -0.3 is 14.6 Å². The lowest BCUT2D eigenvalue weighted by atomic mass is 10.1. The van der Waals surface area contributed by atoms with Gasteiger partial charge in [-0.25, -0.2) is 4.98 Å². The third kappa shape index (κ3) is 3.47. The predicted molar refractivity (Wildman–Crippen MR) is 108 cm³/mol. The second-order valence-corrected chi connectivity index (χ2v) is 7.01. The zero-order valence-corrected chi connectivity index (χ0v) is 16.1. The Bertz CT molecular complexity index is 1170. The molecular weight excluding hydrogens is 372 g/mol. The molecule has 1 atom stereocenters. The van der Waals surface area contributed by atoms with Crippen molar-refractivity contribution in [2.75, 3.05) is 20.3 Å². The molecule has 0 bridgehead atoms. The van der Waals surface area contributed by atoms with Gasteiger partial charge in [0.15, 0.2) is 0 Å². The van der Waals surface area contributed by atoms with Gasteiger partial charge in [0.2, 0.25) is 0 Å². The highest BCUT2D eigenvalue weighted by molar-refractivity contribution is 5.94. The summed E-state index contributed by atoms with van der Waals surface area (Å²) in [5, 5.41) is 0.530. The van der Waals surface area contributed by atoms with Crippen molar-refractivity contribution in [1.29, 1.82) is 0 Å². The van der Waals surface area contributed by atoms with Crippen LogP contribution in [0, 0.1) is 0 Å². The third-order valence-corrected chi connectivity index (χ3v) is 5.27. The van der Waals surface area contributed by atoms with Crippen molar-refractivity contribution < 1.29 is 9.53 Å². The Balaban J connectivity index is 1.82. The standard InChI is InChI=1S/C21H22N4O4/c1-29-13-12-25-18(23-16-8-3-2-6-14(16)20(25)27)17-9-5-11-24(17)21(28)15-7-4-10-22-19(15)26/h2-4,6-8,10,17H,5,9,11-13H2,1H3,(H,22,26). The van der Waals surface area contributed by atoms with Crippen LogP contribution in [0.2, 0.25) is 0 Å². The Morgan fingerprint density at radius 3 is 2.86 bits per heavy atom. The summed E-state index contributed by atoms with van der Waals surface area (Å²) in [5.74, 6) is 0.180. The minimum atomic E-state index is -0.425. The Labute approximate surface area is 166 Å². The fourth-order valence-corrected chi connectivity index (χ4v) is 3.86. The van der Waals surface area contributed by atoms with E-state index in [9.17, 15) is 14.4 Å². The molecule has 3 heterocycles. The molecule has 29 heavy (non-hydrogen) atoms. The number of carbonyl (C=O) groups is 1. The Kier molecular flexibility index (Phi) is 5.26. The number of aromatic nitrogens is 3. The van der Waals surface area contributed by atoms with Crippen LogP contribution >= 0.6 is 0 Å². The molecule has 3 aromatic rings. The number of aromatic amines is 1. The van der Waals surface area contributed by atoms with Crippen molar-refractivity contribution in [3.05, 3.63) is 74.7 Å². The number of benzene rings is 1. The van der Waals surface area contributed by atoms with E-state index in [4.69, 9.17) is 9.72 Å². The van der Waals surface area contributed by atoms with E-state index < -0.39 is 5.56 Å². The number of hydrogen-bond donors (Lipinski definition) is 1. The normalized spacial score (nSPS) is 16.4. The molecule has 150 valence electrons. The highest BCUT2D eigenvalue weighted by Gasteiger charge is 2.34. The van der Waals surface area contributed by atoms with E-state index in [1.807, 2.05) is 6.07 Å². The van der Waals surface area contributed by atoms with E-state index in [0.717, 1.165) is 6.42 Å². The molecule has 1 unspecified atom stereocenters. The van der Waals surface area contributed by atoms with Gasteiger partial charge in [-0.3, -0.25) is 19.0 Å². The van der Waals surface area contributed by atoms with E-state index >= 15 is 0 Å². The lowest BCUT2D eigenvalue weighted by Gasteiger charge is -2.26. The lowest BCUT2D eigenvalue weighted by Crippen LogP contribution is -2.38. The number of carbonyl (C=O) groups excluding carboxylic acids is 1. The molecule has 2 aromatic heterocycles. The average Bonchev–Trinajstić information content (AvgIpc) is 3.22. The van der Waals surface area contributed by atoms with Crippen molar-refractivity contribution in [3.63, 3.8) is 0 Å². The first-order chi connectivity index (χ1) is 14.1. The number of pyridine rings is 1. The quantitative estimate of drug-likeness (QED) is 0.711. The van der Waals surface area contributed by atoms with Gasteiger partial charge in [-0.05, 0) is 37.1 Å². The summed E-state index contributed by atoms with van der Waals surface area (Å²) in [6.07, 6.45) is 2.94. The summed E-state index contributed by atoms with van der Waals surface area (Å²) in [6, 6.07) is 9.95. The molecule has 0 aliphatic carbocycles. The minimum absolute atomic E-state index is 0.0889. The van der Waals surface area contributed by atoms with Crippen LogP contribution < -0.4 is 11.1 Å². The van der Waals surface area contributed by atoms with Crippen molar-refractivity contribution >= 4 is 16.8 Å². The summed E-state index contributed by atoms with van der Waals surface area (Å²) in [5.41, 5.74) is 0.106. The summed E-state index contributed by atoms with van der Waals surface area (Å²) in [6.45, 7) is 1.20. The molecule has 1 aromatic carbocycles. The molecule has 1 fully saturated rings. The maximum atomic E-state index is 13.1. The smallest absolute Gasteiger partial charge is 0.261 e. The molecule has 8 nitrogen and oxygen atoms in total. The van der Waals surface area contributed by atoms with Crippen LogP contribution in [0.3, 0.4) is 0 Å². The average molecular weight is 394 g/mol. The van der Waals surface area contributed by atoms with Crippen LogP contribution in [0.1, 0.15) is 35.1 Å². The van der Waals surface area contributed by atoms with Crippen LogP contribution in [-0.4, -0.2) is 45.6 Å². The summed E-state index contributed by atoms with van der Waals surface area (Å²) < 4.78 is 6.77. The molecular formula is C21H22N4O4. The number of para-hydroxylation sites is 1. The molecule has 1 saturated heterocycles. The van der Waals surface area contributed by atoms with E-state index in [-0.39, 0.29) is 23.1 Å². The predicted octanol–water partition coefficient (Wildman–Crippen LogP) is 1.71. The second-order valence-electron chi connectivity index (χ2n) is 7.01. The van der Waals surface area contributed by atoms with Gasteiger partial charge in [0.05, 0.1) is 30.1 Å². The first-order valence-corrected chi connectivity index (χ1v) is 9.59. The van der Waals surface area contributed by atoms with Crippen LogP contribution in [-0.2, 0) is 11.3 Å². The van der Waals surface area contributed by atoms with E-state index in [1.165, 1.54) is 12.3 Å². The van der Waals surface area contributed by atoms with Gasteiger partial charge in [0, 0.05) is 19.9 Å². The fourth-order valence-electron chi connectivity index (χ4n) is 3.86. The number of nitrogens with one attached hydrogen (secondary N) is 1. The minimum Gasteiger partial charge on any atom is -0.383 e. The maximum Gasteiger partial charge on any atom is 0.261 e. The number of hydrogen-bond acceptors (Lipinski definition) is 5. The number of H-pyrrole nitrogens is 1. The molecule has 0 spiro atoms. The fraction of sp³-hybridized carbons (Fsp3) is 0.333. The largest absolute Gasteiger partial charge is 0.383 e. The van der Waals surface area contributed by atoms with Gasteiger partial charge in [0.1, 0.15) is 11.4 Å². The number of methoxy groups -OCH3 is 1. The zero-order valence-electron chi connectivity index (χ0n) is 16.1. The highest BCUT2D eigenvalue weighted by Crippen LogP contribution is 2.32. The Hall–Kier alpha value is -3.26. The van der Waals surface area contributed by atoms with E-state index in [2.05, 4.69) is 4.98 Å². The van der Waals surface area contributed by atoms with Crippen LogP contribution in [0.4, 0.5) is 0 Å². The molecule has 1 amide bonds. The third-order valence-electron chi connectivity index (χ3n) is 5.27. The summed E-state index contributed by atoms with van der Waals surface area (Å²) in [4.78, 5) is 47.3. The summed E-state index contributed by atoms with van der Waals surface area (Å²) in [7, 11) is 1.58. The molecule has 1 aliphatic rings. The van der Waals surface area contributed by atoms with Gasteiger partial charge in [-0.2, -0.15) is 0 Å². The number of rotatable bonds is 5. The lowest BCUT2D eigenvalue weighted by molar-refractivity contribution is 0.0723. The summed E-state index contributed by atoms with van der Waals surface area (Å²) >= 11 is 0. The van der Waals surface area contributed by atoms with Crippen molar-refractivity contribution in [2.45, 2.75) is 25.4 Å². The molecule has 8 heteroatoms. The SMILES string of the molecule is COCCn1c(C2CCCN2C(=O)c2ccc[nH]c2=O)nc2ccccc2c1=O. The number of ether oxygens (including phenoxy) is 1. The highest BCUT2D eigenvalue weighted by atomic mass is 16.5. The van der Waals surface area contributed by atoms with E-state index in [1.54, 1.807) is 40.8 Å². The molecule has 1 N–H and O–H groups in total. The zero-order chi connectivity index (χ0) is 20.4. The number of likely N-dealkylation sites (tertiary alicyclic amines) is 1. The van der Waals surface area contributed by atoms with Crippen molar-refractivity contribution in [1.82, 2.24) is 19.4 Å². The van der Waals surface area contributed by atoms with Crippen LogP contribution in [0.5, 0.6) is 0 Å². The second kappa shape index (κ2) is 8.00. The van der Waals surface area contributed by atoms with Gasteiger partial charge in [-0.1, -0.05) is 12.1 Å². The molecule has 4 rings (SSSR count). The monoisotopic (exact) mass is 394 g/mol. The molecule has 1 aliphatic heterocycles. The molecule has 0 saturated carbocycles. The van der Waals surface area contributed by atoms with Gasteiger partial charge in [0.25, 0.3) is 17.0 Å². The maximum absolute atomic E-state index is 13.1. The van der Waals surface area contributed by atoms with Crippen LogP contribution in [0.25, 0.3) is 10.9 Å². The van der Waals surface area contributed by atoms with Gasteiger partial charge >= 0.3 is 0 Å². The number of fused-ring (bicyclic) bond motifs is 1. The van der Waals surface area contributed by atoms with E-state index in [0.29, 0.717) is 42.8 Å². The molecule has 0 radical (unpaired) electrons. The first-order valence-electron chi connectivity index (χ1n) is 9.59. The van der Waals surface area contributed by atoms with Gasteiger partial charge in [-0.15, -0.1) is 0 Å².